The van der Waals surface area contributed by atoms with E-state index in [-0.39, 0.29) is 12.8 Å². The van der Waals surface area contributed by atoms with E-state index >= 15 is 0 Å². The zero-order chi connectivity index (χ0) is 11.0. The van der Waals surface area contributed by atoms with Gasteiger partial charge < -0.3 is 0 Å². The molecule has 6 heteroatoms. The average Bonchev–Trinajstić information content (AvgIpc) is 2.53. The Morgan fingerprint density at radius 2 is 1.36 bits per heavy atom. The SMILES string of the molecule is FC(C(F)(F)F)C(F)(F)C1CCCC1. The van der Waals surface area contributed by atoms with Crippen molar-refractivity contribution in [1.82, 2.24) is 0 Å². The minimum absolute atomic E-state index is 0.0243. The number of hydrogen-bond donors (Lipinski definition) is 0. The summed E-state index contributed by atoms with van der Waals surface area (Å²) in [5.41, 5.74) is 0. The molecule has 0 nitrogen and oxygen atoms in total. The van der Waals surface area contributed by atoms with Crippen LogP contribution < -0.4 is 0 Å². The number of hydrogen-bond acceptors (Lipinski definition) is 0. The molecular weight excluding hydrogens is 210 g/mol. The molecule has 0 bridgehead atoms. The lowest BCUT2D eigenvalue weighted by Crippen LogP contribution is -2.45. The first-order chi connectivity index (χ1) is 6.26. The summed E-state index contributed by atoms with van der Waals surface area (Å²) in [5.74, 6) is -5.73. The lowest BCUT2D eigenvalue weighted by molar-refractivity contribution is -0.257. The molecule has 1 fully saturated rings. The second-order valence-corrected chi connectivity index (χ2v) is 3.56. The number of alkyl halides is 6. The smallest absolute Gasteiger partial charge is 0.231 e. The lowest BCUT2D eigenvalue weighted by atomic mass is 9.95. The summed E-state index contributed by atoms with van der Waals surface area (Å²) in [6, 6.07) is 0. The van der Waals surface area contributed by atoms with Crippen molar-refractivity contribution < 1.29 is 26.3 Å². The van der Waals surface area contributed by atoms with Crippen molar-refractivity contribution >= 4 is 0 Å². The monoisotopic (exact) mass is 220 g/mol. The van der Waals surface area contributed by atoms with Crippen molar-refractivity contribution in [2.45, 2.75) is 44.0 Å². The topological polar surface area (TPSA) is 0 Å². The molecule has 1 aliphatic carbocycles. The van der Waals surface area contributed by atoms with Crippen LogP contribution in [0.5, 0.6) is 0 Å². The molecule has 0 spiro atoms. The molecule has 14 heavy (non-hydrogen) atoms. The molecule has 0 heterocycles. The predicted molar refractivity (Wildman–Crippen MR) is 37.9 cm³/mol. The first kappa shape index (κ1) is 11.7. The van der Waals surface area contributed by atoms with Gasteiger partial charge in [-0.3, -0.25) is 0 Å². The van der Waals surface area contributed by atoms with E-state index in [2.05, 4.69) is 0 Å². The molecule has 1 saturated carbocycles. The maximum atomic E-state index is 12.9. The molecule has 0 aromatic carbocycles. The zero-order valence-corrected chi connectivity index (χ0v) is 7.25. The molecule has 0 saturated heterocycles. The van der Waals surface area contributed by atoms with Gasteiger partial charge in [0.05, 0.1) is 0 Å². The molecule has 0 amide bonds. The van der Waals surface area contributed by atoms with Gasteiger partial charge in [0.2, 0.25) is 0 Å². The minimum atomic E-state index is -5.47. The molecular formula is C8H10F6. The fourth-order valence-corrected chi connectivity index (χ4v) is 1.74. The van der Waals surface area contributed by atoms with Crippen LogP contribution in [-0.2, 0) is 0 Å². The highest BCUT2D eigenvalue weighted by Gasteiger charge is 2.60. The summed E-state index contributed by atoms with van der Waals surface area (Å²) in [4.78, 5) is 0. The zero-order valence-electron chi connectivity index (χ0n) is 7.25. The molecule has 0 radical (unpaired) electrons. The normalized spacial score (nSPS) is 22.7. The number of rotatable bonds is 2. The van der Waals surface area contributed by atoms with Crippen LogP contribution in [0.15, 0.2) is 0 Å². The van der Waals surface area contributed by atoms with E-state index in [0.717, 1.165) is 0 Å². The fraction of sp³-hybridized carbons (Fsp3) is 1.00. The van der Waals surface area contributed by atoms with Crippen molar-refractivity contribution in [3.8, 4) is 0 Å². The van der Waals surface area contributed by atoms with Crippen LogP contribution in [0.2, 0.25) is 0 Å². The van der Waals surface area contributed by atoms with Crippen LogP contribution in [0.25, 0.3) is 0 Å². The van der Waals surface area contributed by atoms with Gasteiger partial charge in [0.1, 0.15) is 0 Å². The van der Waals surface area contributed by atoms with E-state index in [1.165, 1.54) is 0 Å². The Morgan fingerprint density at radius 3 is 1.71 bits per heavy atom. The van der Waals surface area contributed by atoms with E-state index in [1.54, 1.807) is 0 Å². The van der Waals surface area contributed by atoms with Crippen LogP contribution in [0.3, 0.4) is 0 Å². The van der Waals surface area contributed by atoms with E-state index in [1.807, 2.05) is 0 Å². The molecule has 0 aliphatic heterocycles. The molecule has 1 unspecified atom stereocenters. The highest BCUT2D eigenvalue weighted by Crippen LogP contribution is 2.45. The Labute approximate surface area is 77.3 Å². The minimum Gasteiger partial charge on any atom is -0.231 e. The van der Waals surface area contributed by atoms with E-state index in [9.17, 15) is 26.3 Å². The molecule has 0 N–H and O–H groups in total. The third kappa shape index (κ3) is 2.15. The Bertz CT molecular complexity index is 190. The Kier molecular flexibility index (Phi) is 3.02. The second kappa shape index (κ2) is 3.62. The molecule has 1 rings (SSSR count). The highest BCUT2D eigenvalue weighted by molar-refractivity contribution is 4.90. The van der Waals surface area contributed by atoms with Crippen LogP contribution >= 0.6 is 0 Å². The van der Waals surface area contributed by atoms with Crippen molar-refractivity contribution in [2.24, 2.45) is 5.92 Å². The first-order valence-corrected chi connectivity index (χ1v) is 4.35. The lowest BCUT2D eigenvalue weighted by Gasteiger charge is -2.27. The Balaban J connectivity index is 2.72. The predicted octanol–water partition coefficient (Wildman–Crippen LogP) is 3.71. The maximum Gasteiger partial charge on any atom is 0.425 e. The fourth-order valence-electron chi connectivity index (χ4n) is 1.74. The van der Waals surface area contributed by atoms with Crippen LogP contribution in [-0.4, -0.2) is 18.3 Å². The first-order valence-electron chi connectivity index (χ1n) is 4.35. The molecule has 84 valence electrons. The largest absolute Gasteiger partial charge is 0.425 e. The van der Waals surface area contributed by atoms with Gasteiger partial charge in [-0.15, -0.1) is 0 Å². The van der Waals surface area contributed by atoms with E-state index < -0.39 is 24.2 Å². The molecule has 1 aliphatic rings. The third-order valence-electron chi connectivity index (χ3n) is 2.52. The average molecular weight is 220 g/mol. The van der Waals surface area contributed by atoms with Crippen LogP contribution in [0.4, 0.5) is 26.3 Å². The third-order valence-corrected chi connectivity index (χ3v) is 2.52. The Hall–Kier alpha value is -0.420. The van der Waals surface area contributed by atoms with Gasteiger partial charge in [-0.2, -0.15) is 13.2 Å². The Morgan fingerprint density at radius 1 is 0.929 bits per heavy atom. The van der Waals surface area contributed by atoms with Crippen LogP contribution in [0, 0.1) is 5.92 Å². The van der Waals surface area contributed by atoms with Gasteiger partial charge in [-0.25, -0.2) is 13.2 Å². The summed E-state index contributed by atoms with van der Waals surface area (Å²) < 4.78 is 73.5. The maximum absolute atomic E-state index is 12.9. The molecule has 1 atom stereocenters. The molecule has 0 aromatic heterocycles. The van der Waals surface area contributed by atoms with Gasteiger partial charge in [-0.1, -0.05) is 12.8 Å². The van der Waals surface area contributed by atoms with Gasteiger partial charge >= 0.3 is 6.18 Å². The van der Waals surface area contributed by atoms with Gasteiger partial charge in [0, 0.05) is 5.92 Å². The number of halogens is 6. The van der Waals surface area contributed by atoms with Crippen molar-refractivity contribution in [2.75, 3.05) is 0 Å². The molecule has 0 aromatic rings. The summed E-state index contributed by atoms with van der Waals surface area (Å²) >= 11 is 0. The van der Waals surface area contributed by atoms with Gasteiger partial charge in [0.25, 0.3) is 12.1 Å². The van der Waals surface area contributed by atoms with Crippen molar-refractivity contribution in [1.29, 1.82) is 0 Å². The quantitative estimate of drug-likeness (QED) is 0.622. The van der Waals surface area contributed by atoms with Gasteiger partial charge in [0.15, 0.2) is 0 Å². The highest BCUT2D eigenvalue weighted by atomic mass is 19.4. The standard InChI is InChI=1S/C8H10F6/c9-6(8(12,13)14)7(10,11)5-3-1-2-4-5/h5-6H,1-4H2. The summed E-state index contributed by atoms with van der Waals surface area (Å²) in [5, 5.41) is 0. The van der Waals surface area contributed by atoms with E-state index in [4.69, 9.17) is 0 Å². The second-order valence-electron chi connectivity index (χ2n) is 3.56. The van der Waals surface area contributed by atoms with Gasteiger partial charge in [-0.05, 0) is 12.8 Å². The summed E-state index contributed by atoms with van der Waals surface area (Å²) in [6.45, 7) is 0. The van der Waals surface area contributed by atoms with Crippen LogP contribution in [0.1, 0.15) is 25.7 Å². The summed E-state index contributed by atoms with van der Waals surface area (Å²) in [7, 11) is 0. The van der Waals surface area contributed by atoms with Crippen molar-refractivity contribution in [3.63, 3.8) is 0 Å². The van der Waals surface area contributed by atoms with E-state index in [0.29, 0.717) is 12.8 Å². The van der Waals surface area contributed by atoms with Crippen molar-refractivity contribution in [3.05, 3.63) is 0 Å². The summed E-state index contributed by atoms with van der Waals surface area (Å²) in [6.07, 6.45) is -8.65.